The van der Waals surface area contributed by atoms with Crippen LogP contribution in [-0.2, 0) is 9.59 Å². The Labute approximate surface area is 126 Å². The molecule has 0 fully saturated rings. The predicted molar refractivity (Wildman–Crippen MR) is 86.4 cm³/mol. The average Bonchev–Trinajstić information content (AvgIpc) is 2.42. The van der Waals surface area contributed by atoms with Gasteiger partial charge in [0, 0.05) is 31.3 Å². The van der Waals surface area contributed by atoms with Crippen molar-refractivity contribution in [1.82, 2.24) is 4.90 Å². The molecule has 0 heterocycles. The van der Waals surface area contributed by atoms with Crippen LogP contribution >= 0.6 is 0 Å². The first-order valence-electron chi connectivity index (χ1n) is 7.37. The summed E-state index contributed by atoms with van der Waals surface area (Å²) in [7, 11) is 2.03. The Morgan fingerprint density at radius 1 is 1.14 bits per heavy atom. The molecule has 0 aliphatic rings. The van der Waals surface area contributed by atoms with E-state index in [4.69, 9.17) is 0 Å². The number of nitrogens with one attached hydrogen (secondary N) is 2. The van der Waals surface area contributed by atoms with Crippen molar-refractivity contribution in [2.24, 2.45) is 0 Å². The second-order valence-corrected chi connectivity index (χ2v) is 5.22. The maximum Gasteiger partial charge on any atom is 0.225 e. The molecule has 0 bridgehead atoms. The van der Waals surface area contributed by atoms with Crippen LogP contribution in [-0.4, -0.2) is 36.9 Å². The van der Waals surface area contributed by atoms with Crippen LogP contribution < -0.4 is 10.6 Å². The lowest BCUT2D eigenvalue weighted by Gasteiger charge is -2.15. The van der Waals surface area contributed by atoms with Gasteiger partial charge in [0.2, 0.25) is 11.8 Å². The van der Waals surface area contributed by atoms with Gasteiger partial charge in [0.1, 0.15) is 0 Å². The summed E-state index contributed by atoms with van der Waals surface area (Å²) in [4.78, 5) is 25.1. The largest absolute Gasteiger partial charge is 0.326 e. The summed E-state index contributed by atoms with van der Waals surface area (Å²) in [6.45, 7) is 5.37. The third kappa shape index (κ3) is 7.46. The number of hydrogen-bond acceptors (Lipinski definition) is 3. The smallest absolute Gasteiger partial charge is 0.225 e. The summed E-state index contributed by atoms with van der Waals surface area (Å²) in [5.74, 6) is -0.144. The zero-order valence-corrected chi connectivity index (χ0v) is 13.1. The summed E-state index contributed by atoms with van der Waals surface area (Å²) in [6.07, 6.45) is 2.77. The number of hydrogen-bond donors (Lipinski definition) is 2. The number of benzene rings is 1. The van der Waals surface area contributed by atoms with E-state index in [1.54, 1.807) is 18.2 Å². The van der Waals surface area contributed by atoms with Crippen LogP contribution in [0.15, 0.2) is 24.3 Å². The van der Waals surface area contributed by atoms with Gasteiger partial charge < -0.3 is 15.5 Å². The van der Waals surface area contributed by atoms with Crippen molar-refractivity contribution in [2.45, 2.75) is 33.1 Å². The Kier molecular flexibility index (Phi) is 7.46. The van der Waals surface area contributed by atoms with Crippen molar-refractivity contribution in [2.75, 3.05) is 30.8 Å². The summed E-state index contributed by atoms with van der Waals surface area (Å²) >= 11 is 0. The van der Waals surface area contributed by atoms with E-state index in [0.717, 1.165) is 25.9 Å². The Morgan fingerprint density at radius 2 is 1.81 bits per heavy atom. The van der Waals surface area contributed by atoms with Gasteiger partial charge in [-0.15, -0.1) is 0 Å². The highest BCUT2D eigenvalue weighted by molar-refractivity contribution is 5.93. The van der Waals surface area contributed by atoms with E-state index in [9.17, 15) is 9.59 Å². The van der Waals surface area contributed by atoms with E-state index in [-0.39, 0.29) is 11.8 Å². The van der Waals surface area contributed by atoms with Crippen molar-refractivity contribution < 1.29 is 9.59 Å². The number of anilines is 2. The molecule has 0 saturated carbocycles. The summed E-state index contributed by atoms with van der Waals surface area (Å²) in [6, 6.07) is 7.15. The van der Waals surface area contributed by atoms with Crippen LogP contribution in [0.3, 0.4) is 0 Å². The molecule has 0 spiro atoms. The fourth-order valence-electron chi connectivity index (χ4n) is 1.93. The van der Waals surface area contributed by atoms with Crippen molar-refractivity contribution in [3.8, 4) is 0 Å². The van der Waals surface area contributed by atoms with Gasteiger partial charge >= 0.3 is 0 Å². The van der Waals surface area contributed by atoms with E-state index < -0.39 is 0 Å². The normalized spacial score (nSPS) is 10.5. The lowest BCUT2D eigenvalue weighted by molar-refractivity contribution is -0.116. The van der Waals surface area contributed by atoms with Gasteiger partial charge in [-0.05, 0) is 38.2 Å². The molecule has 5 nitrogen and oxygen atoms in total. The number of nitrogens with zero attached hydrogens (tertiary/aromatic N) is 1. The minimum atomic E-state index is -0.129. The monoisotopic (exact) mass is 291 g/mol. The lowest BCUT2D eigenvalue weighted by atomic mass is 10.2. The molecule has 1 rings (SSSR count). The van der Waals surface area contributed by atoms with Gasteiger partial charge in [0.25, 0.3) is 0 Å². The third-order valence-electron chi connectivity index (χ3n) is 3.08. The van der Waals surface area contributed by atoms with Crippen molar-refractivity contribution in [3.63, 3.8) is 0 Å². The molecular weight excluding hydrogens is 266 g/mol. The van der Waals surface area contributed by atoms with Gasteiger partial charge in [-0.2, -0.15) is 0 Å². The summed E-state index contributed by atoms with van der Waals surface area (Å²) in [5.41, 5.74) is 1.38. The van der Waals surface area contributed by atoms with Crippen LogP contribution in [0.25, 0.3) is 0 Å². The van der Waals surface area contributed by atoms with Crippen molar-refractivity contribution in [3.05, 3.63) is 24.3 Å². The summed E-state index contributed by atoms with van der Waals surface area (Å²) in [5, 5.41) is 5.54. The second-order valence-electron chi connectivity index (χ2n) is 5.22. The van der Waals surface area contributed by atoms with E-state index in [1.165, 1.54) is 6.92 Å². The molecule has 0 atom stereocenters. The Bertz CT molecular complexity index is 474. The third-order valence-corrected chi connectivity index (χ3v) is 3.08. The fourth-order valence-corrected chi connectivity index (χ4v) is 1.93. The second kappa shape index (κ2) is 9.13. The van der Waals surface area contributed by atoms with Crippen LogP contribution in [0.2, 0.25) is 0 Å². The van der Waals surface area contributed by atoms with Gasteiger partial charge in [0.05, 0.1) is 0 Å². The SMILES string of the molecule is CCCCN(C)CCC(=O)Nc1cccc(NC(C)=O)c1. The number of rotatable bonds is 8. The fraction of sp³-hybridized carbons (Fsp3) is 0.500. The zero-order valence-electron chi connectivity index (χ0n) is 13.1. The highest BCUT2D eigenvalue weighted by Gasteiger charge is 2.05. The highest BCUT2D eigenvalue weighted by atomic mass is 16.2. The van der Waals surface area contributed by atoms with Crippen LogP contribution in [0.1, 0.15) is 33.1 Å². The lowest BCUT2D eigenvalue weighted by Crippen LogP contribution is -2.25. The maximum atomic E-state index is 11.9. The molecular formula is C16H25N3O2. The van der Waals surface area contributed by atoms with E-state index in [0.29, 0.717) is 17.8 Å². The van der Waals surface area contributed by atoms with E-state index in [2.05, 4.69) is 22.5 Å². The molecule has 0 aliphatic heterocycles. The average molecular weight is 291 g/mol. The molecule has 1 aromatic carbocycles. The number of unbranched alkanes of at least 4 members (excludes halogenated alkanes) is 1. The quantitative estimate of drug-likeness (QED) is 0.774. The molecule has 0 aromatic heterocycles. The van der Waals surface area contributed by atoms with Gasteiger partial charge in [0.15, 0.2) is 0 Å². The highest BCUT2D eigenvalue weighted by Crippen LogP contribution is 2.15. The van der Waals surface area contributed by atoms with Crippen molar-refractivity contribution >= 4 is 23.2 Å². The Balaban J connectivity index is 2.42. The van der Waals surface area contributed by atoms with Crippen LogP contribution in [0.4, 0.5) is 11.4 Å². The molecule has 1 aromatic rings. The standard InChI is InChI=1S/C16H25N3O2/c1-4-5-10-19(3)11-9-16(21)18-15-8-6-7-14(12-15)17-13(2)20/h6-8,12H,4-5,9-11H2,1-3H3,(H,17,20)(H,18,21). The Morgan fingerprint density at radius 3 is 2.43 bits per heavy atom. The molecule has 2 amide bonds. The molecule has 0 radical (unpaired) electrons. The van der Waals surface area contributed by atoms with E-state index in [1.807, 2.05) is 13.1 Å². The topological polar surface area (TPSA) is 61.4 Å². The first-order chi connectivity index (χ1) is 10.0. The zero-order chi connectivity index (χ0) is 15.7. The molecule has 0 unspecified atom stereocenters. The Hall–Kier alpha value is -1.88. The molecule has 116 valence electrons. The van der Waals surface area contributed by atoms with Crippen molar-refractivity contribution in [1.29, 1.82) is 0 Å². The van der Waals surface area contributed by atoms with Gasteiger partial charge in [-0.3, -0.25) is 9.59 Å². The predicted octanol–water partition coefficient (Wildman–Crippen LogP) is 2.71. The van der Waals surface area contributed by atoms with E-state index >= 15 is 0 Å². The van der Waals surface area contributed by atoms with Gasteiger partial charge in [-0.25, -0.2) is 0 Å². The molecule has 2 N–H and O–H groups in total. The maximum absolute atomic E-state index is 11.9. The molecule has 0 aliphatic carbocycles. The first-order valence-corrected chi connectivity index (χ1v) is 7.37. The number of carbonyl (C=O) groups is 2. The van der Waals surface area contributed by atoms with Gasteiger partial charge in [-0.1, -0.05) is 19.4 Å². The number of amides is 2. The first kappa shape index (κ1) is 17.2. The number of carbonyl (C=O) groups excluding carboxylic acids is 2. The van der Waals surface area contributed by atoms with Crippen LogP contribution in [0, 0.1) is 0 Å². The summed E-state index contributed by atoms with van der Waals surface area (Å²) < 4.78 is 0. The van der Waals surface area contributed by atoms with Crippen LogP contribution in [0.5, 0.6) is 0 Å². The molecule has 21 heavy (non-hydrogen) atoms. The molecule has 5 heteroatoms. The molecule has 0 saturated heterocycles. The minimum absolute atomic E-state index is 0.0154. The minimum Gasteiger partial charge on any atom is -0.326 e.